The van der Waals surface area contributed by atoms with E-state index in [2.05, 4.69) is 12.2 Å². The van der Waals surface area contributed by atoms with Gasteiger partial charge in [0.2, 0.25) is 0 Å². The zero-order chi connectivity index (χ0) is 13.5. The van der Waals surface area contributed by atoms with Crippen LogP contribution in [0.5, 0.6) is 0 Å². The van der Waals surface area contributed by atoms with Crippen LogP contribution >= 0.6 is 0 Å². The van der Waals surface area contributed by atoms with Gasteiger partial charge in [-0.25, -0.2) is 0 Å². The van der Waals surface area contributed by atoms with Gasteiger partial charge in [-0.1, -0.05) is 58.3 Å². The van der Waals surface area contributed by atoms with Crippen LogP contribution in [-0.2, 0) is 0 Å². The molecular weight excluding hydrogens is 224 g/mol. The molecule has 1 atom stereocenters. The van der Waals surface area contributed by atoms with Crippen molar-refractivity contribution in [2.75, 3.05) is 19.6 Å². The summed E-state index contributed by atoms with van der Waals surface area (Å²) in [6, 6.07) is 0. The Kier molecular flexibility index (Phi) is 14.8. The van der Waals surface area contributed by atoms with Gasteiger partial charge in [-0.15, -0.1) is 0 Å². The van der Waals surface area contributed by atoms with E-state index in [0.29, 0.717) is 0 Å². The number of aliphatic hydroxyl groups excluding tert-OH is 1. The number of rotatable bonds is 14. The lowest BCUT2D eigenvalue weighted by molar-refractivity contribution is 0.158. The molecule has 0 aliphatic rings. The summed E-state index contributed by atoms with van der Waals surface area (Å²) in [7, 11) is 0. The molecular formula is C15H34N2O. The lowest BCUT2D eigenvalue weighted by Crippen LogP contribution is -2.28. The predicted molar refractivity (Wildman–Crippen MR) is 79.8 cm³/mol. The highest BCUT2D eigenvalue weighted by Gasteiger charge is 2.02. The molecule has 0 amide bonds. The maximum Gasteiger partial charge on any atom is 0.0664 e. The van der Waals surface area contributed by atoms with Crippen LogP contribution in [0.3, 0.4) is 0 Å². The van der Waals surface area contributed by atoms with E-state index >= 15 is 0 Å². The SMILES string of the molecule is CCCCCCCCCCC(O)CNCCCN. The van der Waals surface area contributed by atoms with Crippen molar-refractivity contribution >= 4 is 0 Å². The highest BCUT2D eigenvalue weighted by molar-refractivity contribution is 4.60. The molecule has 3 nitrogen and oxygen atoms in total. The van der Waals surface area contributed by atoms with Crippen LogP contribution in [0.25, 0.3) is 0 Å². The van der Waals surface area contributed by atoms with E-state index in [4.69, 9.17) is 5.73 Å². The van der Waals surface area contributed by atoms with Gasteiger partial charge in [0, 0.05) is 6.54 Å². The van der Waals surface area contributed by atoms with Gasteiger partial charge in [0.1, 0.15) is 0 Å². The summed E-state index contributed by atoms with van der Waals surface area (Å²) in [5.74, 6) is 0. The molecule has 0 radical (unpaired) electrons. The van der Waals surface area contributed by atoms with E-state index in [9.17, 15) is 5.11 Å². The monoisotopic (exact) mass is 258 g/mol. The fourth-order valence-corrected chi connectivity index (χ4v) is 2.11. The summed E-state index contributed by atoms with van der Waals surface area (Å²) in [6.07, 6.45) is 12.4. The summed E-state index contributed by atoms with van der Waals surface area (Å²) in [4.78, 5) is 0. The van der Waals surface area contributed by atoms with Crippen molar-refractivity contribution in [1.29, 1.82) is 0 Å². The molecule has 18 heavy (non-hydrogen) atoms. The Bertz CT molecular complexity index is 153. The van der Waals surface area contributed by atoms with Gasteiger partial charge < -0.3 is 16.2 Å². The van der Waals surface area contributed by atoms with Gasteiger partial charge in [0.25, 0.3) is 0 Å². The van der Waals surface area contributed by atoms with Crippen molar-refractivity contribution in [2.45, 2.75) is 77.2 Å². The van der Waals surface area contributed by atoms with Crippen molar-refractivity contribution < 1.29 is 5.11 Å². The summed E-state index contributed by atoms with van der Waals surface area (Å²) in [5.41, 5.74) is 5.40. The van der Waals surface area contributed by atoms with Crippen LogP contribution in [0.2, 0.25) is 0 Å². The minimum Gasteiger partial charge on any atom is -0.392 e. The summed E-state index contributed by atoms with van der Waals surface area (Å²) in [5, 5.41) is 13.0. The van der Waals surface area contributed by atoms with Gasteiger partial charge in [0.05, 0.1) is 6.10 Å². The molecule has 0 aromatic carbocycles. The Morgan fingerprint density at radius 2 is 1.56 bits per heavy atom. The quantitative estimate of drug-likeness (QED) is 0.420. The second kappa shape index (κ2) is 14.9. The molecule has 0 aliphatic carbocycles. The number of unbranched alkanes of at least 4 members (excludes halogenated alkanes) is 7. The average molecular weight is 258 g/mol. The molecule has 4 N–H and O–H groups in total. The molecule has 0 bridgehead atoms. The zero-order valence-corrected chi connectivity index (χ0v) is 12.3. The lowest BCUT2D eigenvalue weighted by atomic mass is 10.1. The van der Waals surface area contributed by atoms with Gasteiger partial charge in [0.15, 0.2) is 0 Å². The van der Waals surface area contributed by atoms with Crippen LogP contribution in [-0.4, -0.2) is 30.8 Å². The van der Waals surface area contributed by atoms with Crippen LogP contribution < -0.4 is 11.1 Å². The number of aliphatic hydroxyl groups is 1. The van der Waals surface area contributed by atoms with E-state index in [1.807, 2.05) is 0 Å². The van der Waals surface area contributed by atoms with E-state index < -0.39 is 0 Å². The molecule has 0 aliphatic heterocycles. The first-order valence-corrected chi connectivity index (χ1v) is 7.90. The first kappa shape index (κ1) is 17.9. The van der Waals surface area contributed by atoms with E-state index in [0.717, 1.165) is 38.9 Å². The third-order valence-electron chi connectivity index (χ3n) is 3.33. The van der Waals surface area contributed by atoms with Gasteiger partial charge in [-0.3, -0.25) is 0 Å². The predicted octanol–water partition coefficient (Wildman–Crippen LogP) is 2.82. The van der Waals surface area contributed by atoms with Crippen LogP contribution in [0, 0.1) is 0 Å². The van der Waals surface area contributed by atoms with Gasteiger partial charge >= 0.3 is 0 Å². The Hall–Kier alpha value is -0.120. The number of hydrogen-bond acceptors (Lipinski definition) is 3. The summed E-state index contributed by atoms with van der Waals surface area (Å²) in [6.45, 7) is 4.62. The van der Waals surface area contributed by atoms with Gasteiger partial charge in [-0.05, 0) is 25.9 Å². The third-order valence-corrected chi connectivity index (χ3v) is 3.33. The van der Waals surface area contributed by atoms with E-state index in [1.165, 1.54) is 44.9 Å². The average Bonchev–Trinajstić information content (AvgIpc) is 2.38. The molecule has 1 unspecified atom stereocenters. The zero-order valence-electron chi connectivity index (χ0n) is 12.3. The molecule has 0 saturated carbocycles. The van der Waals surface area contributed by atoms with Crippen LogP contribution in [0.1, 0.15) is 71.1 Å². The van der Waals surface area contributed by atoms with Gasteiger partial charge in [-0.2, -0.15) is 0 Å². The maximum absolute atomic E-state index is 9.73. The molecule has 0 saturated heterocycles. The normalized spacial score (nSPS) is 12.8. The smallest absolute Gasteiger partial charge is 0.0664 e. The first-order valence-electron chi connectivity index (χ1n) is 7.90. The minimum absolute atomic E-state index is 0.178. The van der Waals surface area contributed by atoms with Crippen LogP contribution in [0.4, 0.5) is 0 Å². The highest BCUT2D eigenvalue weighted by Crippen LogP contribution is 2.10. The molecule has 0 fully saturated rings. The largest absolute Gasteiger partial charge is 0.392 e. The second-order valence-corrected chi connectivity index (χ2v) is 5.26. The van der Waals surface area contributed by atoms with Crippen LogP contribution in [0.15, 0.2) is 0 Å². The molecule has 0 aromatic rings. The molecule has 3 heteroatoms. The first-order chi connectivity index (χ1) is 8.81. The van der Waals surface area contributed by atoms with Crippen molar-refractivity contribution in [3.63, 3.8) is 0 Å². The molecule has 110 valence electrons. The van der Waals surface area contributed by atoms with Crippen molar-refractivity contribution in [1.82, 2.24) is 5.32 Å². The number of nitrogens with one attached hydrogen (secondary N) is 1. The maximum atomic E-state index is 9.73. The second-order valence-electron chi connectivity index (χ2n) is 5.26. The Labute approximate surface area is 114 Å². The van der Waals surface area contributed by atoms with Crippen molar-refractivity contribution in [2.24, 2.45) is 5.73 Å². The van der Waals surface area contributed by atoms with Crippen molar-refractivity contribution in [3.8, 4) is 0 Å². The number of nitrogens with two attached hydrogens (primary N) is 1. The highest BCUT2D eigenvalue weighted by atomic mass is 16.3. The Morgan fingerprint density at radius 3 is 2.17 bits per heavy atom. The lowest BCUT2D eigenvalue weighted by Gasteiger charge is -2.11. The fraction of sp³-hybridized carbons (Fsp3) is 1.00. The summed E-state index contributed by atoms with van der Waals surface area (Å²) >= 11 is 0. The summed E-state index contributed by atoms with van der Waals surface area (Å²) < 4.78 is 0. The molecule has 0 rings (SSSR count). The molecule has 0 spiro atoms. The van der Waals surface area contributed by atoms with E-state index in [1.54, 1.807) is 0 Å². The molecule has 0 aromatic heterocycles. The topological polar surface area (TPSA) is 58.3 Å². The minimum atomic E-state index is -0.178. The molecule has 0 heterocycles. The Morgan fingerprint density at radius 1 is 0.944 bits per heavy atom. The standard InChI is InChI=1S/C15H34N2O/c1-2-3-4-5-6-7-8-9-11-15(18)14-17-13-10-12-16/h15,17-18H,2-14,16H2,1H3. The Balaban J connectivity index is 3.08. The third kappa shape index (κ3) is 13.9. The van der Waals surface area contributed by atoms with E-state index in [-0.39, 0.29) is 6.10 Å². The van der Waals surface area contributed by atoms with Crippen molar-refractivity contribution in [3.05, 3.63) is 0 Å². The fourth-order valence-electron chi connectivity index (χ4n) is 2.11. The number of hydrogen-bond donors (Lipinski definition) is 3.